The summed E-state index contributed by atoms with van der Waals surface area (Å²) < 4.78 is 12.4. The molecule has 1 fully saturated rings. The molecule has 0 radical (unpaired) electrons. The lowest BCUT2D eigenvalue weighted by molar-refractivity contribution is -0.113. The molecule has 4 rings (SSSR count). The maximum absolute atomic E-state index is 12.9. The number of nitrogens with zero attached hydrogens (tertiary/aromatic N) is 1. The van der Waals surface area contributed by atoms with Crippen LogP contribution < -0.4 is 19.7 Å². The molecule has 1 heterocycles. The number of rotatable bonds is 7. The molecule has 0 saturated carbocycles. The third kappa shape index (κ3) is 5.21. The predicted molar refractivity (Wildman–Crippen MR) is 132 cm³/mol. The van der Waals surface area contributed by atoms with Crippen LogP contribution in [0.1, 0.15) is 18.1 Å². The number of benzene rings is 3. The number of amides is 3. The van der Waals surface area contributed by atoms with Crippen molar-refractivity contribution in [2.24, 2.45) is 0 Å². The highest BCUT2D eigenvalue weighted by Crippen LogP contribution is 2.36. The minimum atomic E-state index is -0.544. The Kier molecular flexibility index (Phi) is 7.01. The first-order valence-corrected chi connectivity index (χ1v) is 11.4. The van der Waals surface area contributed by atoms with Crippen LogP contribution in [0.4, 0.5) is 10.5 Å². The summed E-state index contributed by atoms with van der Waals surface area (Å²) in [6.07, 6.45) is 1.60. The zero-order valence-electron chi connectivity index (χ0n) is 17.7. The van der Waals surface area contributed by atoms with Crippen LogP contribution in [0, 0.1) is 0 Å². The zero-order chi connectivity index (χ0) is 23.4. The Balaban J connectivity index is 1.61. The van der Waals surface area contributed by atoms with Gasteiger partial charge in [0.15, 0.2) is 11.5 Å². The highest BCUT2D eigenvalue weighted by Gasteiger charge is 2.35. The molecule has 168 valence electrons. The molecule has 0 unspecified atom stereocenters. The van der Waals surface area contributed by atoms with E-state index in [0.29, 0.717) is 45.5 Å². The van der Waals surface area contributed by atoms with Crippen LogP contribution in [0.15, 0.2) is 76.9 Å². The van der Waals surface area contributed by atoms with Crippen LogP contribution in [0.5, 0.6) is 11.5 Å². The summed E-state index contributed by atoms with van der Waals surface area (Å²) in [6, 6.07) is 19.4. The van der Waals surface area contributed by atoms with Crippen LogP contribution in [0.3, 0.4) is 0 Å². The van der Waals surface area contributed by atoms with Gasteiger partial charge in [-0.05, 0) is 54.5 Å². The van der Waals surface area contributed by atoms with Gasteiger partial charge in [-0.15, -0.1) is 0 Å². The van der Waals surface area contributed by atoms with Gasteiger partial charge in [0.05, 0.1) is 12.3 Å². The first kappa shape index (κ1) is 22.9. The minimum absolute atomic E-state index is 0.140. The van der Waals surface area contributed by atoms with Gasteiger partial charge < -0.3 is 14.8 Å². The third-order valence-corrected chi connectivity index (χ3v) is 5.77. The van der Waals surface area contributed by atoms with Crippen molar-refractivity contribution in [1.29, 1.82) is 0 Å². The normalized spacial score (nSPS) is 14.5. The van der Waals surface area contributed by atoms with Gasteiger partial charge in [-0.25, -0.2) is 9.69 Å². The van der Waals surface area contributed by atoms with Gasteiger partial charge in [0.1, 0.15) is 12.3 Å². The number of hydrogen-bond donors (Lipinski definition) is 1. The lowest BCUT2D eigenvalue weighted by Gasteiger charge is -2.14. The van der Waals surface area contributed by atoms with Crippen molar-refractivity contribution >= 4 is 51.2 Å². The van der Waals surface area contributed by atoms with Crippen molar-refractivity contribution in [2.45, 2.75) is 13.5 Å². The topological polar surface area (TPSA) is 67.9 Å². The molecule has 8 heteroatoms. The quantitative estimate of drug-likeness (QED) is 0.294. The SMILES string of the molecule is CCOc1cc(/C=C2/NC(=O)N(c3cccc(Cl)c3)C2=O)c(Br)cc1OCc1ccccc1. The fourth-order valence-corrected chi connectivity index (χ4v) is 3.94. The summed E-state index contributed by atoms with van der Waals surface area (Å²) in [4.78, 5) is 26.5. The van der Waals surface area contributed by atoms with Gasteiger partial charge >= 0.3 is 6.03 Å². The molecule has 1 aliphatic heterocycles. The maximum atomic E-state index is 12.9. The molecule has 0 bridgehead atoms. The Hall–Kier alpha value is -3.29. The summed E-state index contributed by atoms with van der Waals surface area (Å²) in [5, 5.41) is 3.05. The summed E-state index contributed by atoms with van der Waals surface area (Å²) in [6.45, 7) is 2.71. The average molecular weight is 528 g/mol. The maximum Gasteiger partial charge on any atom is 0.333 e. The second kappa shape index (κ2) is 10.1. The molecule has 0 aliphatic carbocycles. The van der Waals surface area contributed by atoms with E-state index in [1.54, 1.807) is 42.5 Å². The molecule has 1 aliphatic rings. The average Bonchev–Trinajstić information content (AvgIpc) is 3.08. The van der Waals surface area contributed by atoms with Crippen molar-refractivity contribution < 1.29 is 19.1 Å². The molecule has 3 aromatic carbocycles. The molecule has 1 saturated heterocycles. The lowest BCUT2D eigenvalue weighted by Crippen LogP contribution is -2.30. The summed E-state index contributed by atoms with van der Waals surface area (Å²) in [7, 11) is 0. The van der Waals surface area contributed by atoms with Gasteiger partial charge in [-0.2, -0.15) is 0 Å². The number of ether oxygens (including phenoxy) is 2. The van der Waals surface area contributed by atoms with Crippen LogP contribution in [0.25, 0.3) is 6.08 Å². The van der Waals surface area contributed by atoms with E-state index in [-0.39, 0.29) is 5.70 Å². The van der Waals surface area contributed by atoms with E-state index < -0.39 is 11.9 Å². The molecule has 6 nitrogen and oxygen atoms in total. The molecule has 0 spiro atoms. The highest BCUT2D eigenvalue weighted by atomic mass is 79.9. The van der Waals surface area contributed by atoms with Gasteiger partial charge in [0.2, 0.25) is 0 Å². The van der Waals surface area contributed by atoms with E-state index in [2.05, 4.69) is 21.2 Å². The first-order chi connectivity index (χ1) is 16.0. The Labute approximate surface area is 204 Å². The van der Waals surface area contributed by atoms with E-state index >= 15 is 0 Å². The van der Waals surface area contributed by atoms with Crippen molar-refractivity contribution in [2.75, 3.05) is 11.5 Å². The highest BCUT2D eigenvalue weighted by molar-refractivity contribution is 9.10. The predicted octanol–water partition coefficient (Wildman–Crippen LogP) is 6.18. The first-order valence-electron chi connectivity index (χ1n) is 10.2. The number of urea groups is 1. The molecule has 3 amide bonds. The largest absolute Gasteiger partial charge is 0.490 e. The Bertz CT molecular complexity index is 1230. The number of carbonyl (C=O) groups excluding carboxylic acids is 2. The van der Waals surface area contributed by atoms with E-state index in [1.807, 2.05) is 37.3 Å². The molecular weight excluding hydrogens is 508 g/mol. The second-order valence-electron chi connectivity index (χ2n) is 7.14. The van der Waals surface area contributed by atoms with E-state index in [0.717, 1.165) is 10.5 Å². The number of hydrogen-bond acceptors (Lipinski definition) is 4. The van der Waals surface area contributed by atoms with Gasteiger partial charge in [-0.1, -0.05) is 63.9 Å². The summed E-state index contributed by atoms with van der Waals surface area (Å²) >= 11 is 9.55. The fraction of sp³-hybridized carbons (Fsp3) is 0.120. The molecular formula is C25H20BrClN2O4. The van der Waals surface area contributed by atoms with Gasteiger partial charge in [-0.3, -0.25) is 4.79 Å². The summed E-state index contributed by atoms with van der Waals surface area (Å²) in [5.41, 5.74) is 2.22. The van der Waals surface area contributed by atoms with E-state index in [9.17, 15) is 9.59 Å². The minimum Gasteiger partial charge on any atom is -0.490 e. The van der Waals surface area contributed by atoms with E-state index in [1.165, 1.54) is 0 Å². The van der Waals surface area contributed by atoms with Crippen molar-refractivity contribution in [3.05, 3.63) is 93.0 Å². The summed E-state index contributed by atoms with van der Waals surface area (Å²) in [5.74, 6) is 0.626. The van der Waals surface area contributed by atoms with Crippen molar-refractivity contribution in [1.82, 2.24) is 5.32 Å². The van der Waals surface area contributed by atoms with Crippen LogP contribution in [-0.2, 0) is 11.4 Å². The number of anilines is 1. The molecule has 33 heavy (non-hydrogen) atoms. The van der Waals surface area contributed by atoms with Gasteiger partial charge in [0, 0.05) is 9.50 Å². The Morgan fingerprint density at radius 2 is 1.76 bits per heavy atom. The number of imide groups is 1. The van der Waals surface area contributed by atoms with Crippen LogP contribution in [-0.4, -0.2) is 18.5 Å². The number of halogens is 2. The number of carbonyl (C=O) groups is 2. The van der Waals surface area contributed by atoms with Crippen LogP contribution >= 0.6 is 27.5 Å². The molecule has 3 aromatic rings. The zero-order valence-corrected chi connectivity index (χ0v) is 20.0. The Morgan fingerprint density at radius 1 is 1.00 bits per heavy atom. The van der Waals surface area contributed by atoms with Crippen molar-refractivity contribution in [3.63, 3.8) is 0 Å². The molecule has 0 atom stereocenters. The Morgan fingerprint density at radius 3 is 2.48 bits per heavy atom. The third-order valence-electron chi connectivity index (χ3n) is 4.84. The standard InChI is InChI=1S/C25H20BrClN2O4/c1-2-32-22-12-17(20(26)14-23(22)33-15-16-7-4-3-5-8-16)11-21-24(30)29(25(31)28-21)19-10-6-9-18(27)13-19/h3-14H,2,15H2,1H3,(H,28,31)/b21-11+. The lowest BCUT2D eigenvalue weighted by atomic mass is 10.1. The van der Waals surface area contributed by atoms with Crippen LogP contribution in [0.2, 0.25) is 5.02 Å². The smallest absolute Gasteiger partial charge is 0.333 e. The number of nitrogens with one attached hydrogen (secondary N) is 1. The molecule has 1 N–H and O–H groups in total. The van der Waals surface area contributed by atoms with Crippen molar-refractivity contribution in [3.8, 4) is 11.5 Å². The second-order valence-corrected chi connectivity index (χ2v) is 8.43. The molecule has 0 aromatic heterocycles. The van der Waals surface area contributed by atoms with Gasteiger partial charge in [0.25, 0.3) is 5.91 Å². The monoisotopic (exact) mass is 526 g/mol. The van der Waals surface area contributed by atoms with E-state index in [4.69, 9.17) is 21.1 Å². The fourth-order valence-electron chi connectivity index (χ4n) is 3.32.